The fraction of sp³-hybridized carbons (Fsp3) is 0.667. The first-order valence-electron chi connectivity index (χ1n) is 5.17. The molecule has 0 unspecified atom stereocenters. The first kappa shape index (κ1) is 13.5. The van der Waals surface area contributed by atoms with Gasteiger partial charge in [-0.05, 0) is 24.7 Å². The summed E-state index contributed by atoms with van der Waals surface area (Å²) in [6.07, 6.45) is 0. The molecule has 0 amide bonds. The van der Waals surface area contributed by atoms with Gasteiger partial charge in [0.1, 0.15) is 0 Å². The maximum absolute atomic E-state index is 5.68. The molecule has 1 aromatic heterocycles. The zero-order chi connectivity index (χ0) is 12.0. The van der Waals surface area contributed by atoms with Gasteiger partial charge in [-0.2, -0.15) is 15.0 Å². The molecular weight excluding hydrogens is 246 g/mol. The molecule has 90 valence electrons. The van der Waals surface area contributed by atoms with Crippen LogP contribution in [-0.4, -0.2) is 45.2 Å². The number of halogens is 1. The van der Waals surface area contributed by atoms with Crippen LogP contribution >= 0.6 is 23.4 Å². The number of hydrogen-bond donors (Lipinski definition) is 1. The van der Waals surface area contributed by atoms with Gasteiger partial charge in [-0.15, -0.1) is 0 Å². The Balaban J connectivity index is 2.42. The molecule has 5 nitrogen and oxygen atoms in total. The summed E-state index contributed by atoms with van der Waals surface area (Å²) in [5.74, 6) is 1.09. The van der Waals surface area contributed by atoms with Crippen LogP contribution in [0.15, 0.2) is 5.16 Å². The molecule has 1 aromatic rings. The first-order valence-corrected chi connectivity index (χ1v) is 6.54. The van der Waals surface area contributed by atoms with E-state index in [1.54, 1.807) is 0 Å². The highest BCUT2D eigenvalue weighted by atomic mass is 35.5. The molecule has 0 aliphatic rings. The van der Waals surface area contributed by atoms with Crippen LogP contribution in [0.25, 0.3) is 0 Å². The fourth-order valence-corrected chi connectivity index (χ4v) is 2.27. The number of nitrogen functional groups attached to an aromatic ring is 1. The van der Waals surface area contributed by atoms with Crippen LogP contribution in [0, 0.1) is 0 Å². The number of nitrogens with zero attached hydrogens (tertiary/aromatic N) is 4. The molecule has 1 rings (SSSR count). The molecule has 0 bridgehead atoms. The largest absolute Gasteiger partial charge is 0.368 e. The van der Waals surface area contributed by atoms with Gasteiger partial charge in [-0.3, -0.25) is 0 Å². The Morgan fingerprint density at radius 3 is 2.50 bits per heavy atom. The average molecular weight is 262 g/mol. The lowest BCUT2D eigenvalue weighted by Gasteiger charge is -2.16. The van der Waals surface area contributed by atoms with Crippen molar-refractivity contribution in [1.29, 1.82) is 0 Å². The SMILES string of the molecule is CCN(CC)CCSc1nc(N)nc(Cl)n1. The molecule has 0 aliphatic heterocycles. The molecule has 0 aromatic carbocycles. The standard InChI is InChI=1S/C9H16ClN5S/c1-3-15(4-2)5-6-16-9-13-7(10)12-8(11)14-9/h3-6H2,1-2H3,(H2,11,12,13,14). The Morgan fingerprint density at radius 2 is 1.94 bits per heavy atom. The fourth-order valence-electron chi connectivity index (χ4n) is 1.22. The number of aromatic nitrogens is 3. The van der Waals surface area contributed by atoms with Crippen LogP contribution in [0.4, 0.5) is 5.95 Å². The molecule has 0 aliphatic carbocycles. The number of thioether (sulfide) groups is 1. The summed E-state index contributed by atoms with van der Waals surface area (Å²) < 4.78 is 0. The van der Waals surface area contributed by atoms with E-state index in [1.165, 1.54) is 11.8 Å². The van der Waals surface area contributed by atoms with Crippen molar-refractivity contribution in [2.24, 2.45) is 0 Å². The van der Waals surface area contributed by atoms with Crippen LogP contribution in [-0.2, 0) is 0 Å². The van der Waals surface area contributed by atoms with Gasteiger partial charge in [-0.25, -0.2) is 0 Å². The maximum atomic E-state index is 5.68. The van der Waals surface area contributed by atoms with Crippen molar-refractivity contribution in [2.45, 2.75) is 19.0 Å². The van der Waals surface area contributed by atoms with E-state index in [0.717, 1.165) is 25.4 Å². The predicted molar refractivity (Wildman–Crippen MR) is 67.8 cm³/mol. The summed E-state index contributed by atoms with van der Waals surface area (Å²) in [7, 11) is 0. The molecule has 0 radical (unpaired) electrons. The molecule has 0 atom stereocenters. The van der Waals surface area contributed by atoms with E-state index in [1.807, 2.05) is 0 Å². The second-order valence-corrected chi connectivity index (χ2v) is 4.52. The smallest absolute Gasteiger partial charge is 0.228 e. The van der Waals surface area contributed by atoms with Gasteiger partial charge < -0.3 is 10.6 Å². The maximum Gasteiger partial charge on any atom is 0.228 e. The second-order valence-electron chi connectivity index (χ2n) is 3.12. The van der Waals surface area contributed by atoms with Crippen molar-refractivity contribution >= 4 is 29.3 Å². The van der Waals surface area contributed by atoms with Crippen LogP contribution in [0.2, 0.25) is 5.28 Å². The van der Waals surface area contributed by atoms with E-state index in [9.17, 15) is 0 Å². The van der Waals surface area contributed by atoms with Crippen LogP contribution in [0.5, 0.6) is 0 Å². The molecule has 16 heavy (non-hydrogen) atoms. The number of rotatable bonds is 6. The lowest BCUT2D eigenvalue weighted by Crippen LogP contribution is -2.25. The lowest BCUT2D eigenvalue weighted by atomic mass is 10.5. The van der Waals surface area contributed by atoms with Crippen molar-refractivity contribution in [3.8, 4) is 0 Å². The van der Waals surface area contributed by atoms with Gasteiger partial charge in [0.25, 0.3) is 0 Å². The van der Waals surface area contributed by atoms with Crippen LogP contribution in [0.1, 0.15) is 13.8 Å². The topological polar surface area (TPSA) is 67.9 Å². The van der Waals surface area contributed by atoms with E-state index in [2.05, 4.69) is 33.7 Å². The molecule has 0 spiro atoms. The van der Waals surface area contributed by atoms with Gasteiger partial charge in [0.05, 0.1) is 0 Å². The van der Waals surface area contributed by atoms with Crippen molar-refractivity contribution in [2.75, 3.05) is 31.1 Å². The third-order valence-electron chi connectivity index (χ3n) is 2.14. The number of nitrogens with two attached hydrogens (primary N) is 1. The Kier molecular flexibility index (Phi) is 5.79. The Hall–Kier alpha value is -0.590. The van der Waals surface area contributed by atoms with Gasteiger partial charge >= 0.3 is 0 Å². The summed E-state index contributed by atoms with van der Waals surface area (Å²) in [4.78, 5) is 14.0. The van der Waals surface area contributed by atoms with Gasteiger partial charge in [-0.1, -0.05) is 25.6 Å². The molecule has 1 heterocycles. The zero-order valence-corrected chi connectivity index (χ0v) is 11.1. The Bertz CT molecular complexity index is 311. The average Bonchev–Trinajstić information content (AvgIpc) is 2.23. The highest BCUT2D eigenvalue weighted by molar-refractivity contribution is 7.99. The molecule has 0 fully saturated rings. The molecule has 2 N–H and O–H groups in total. The van der Waals surface area contributed by atoms with Crippen molar-refractivity contribution in [3.63, 3.8) is 0 Å². The number of hydrogen-bond acceptors (Lipinski definition) is 6. The Morgan fingerprint density at radius 1 is 1.25 bits per heavy atom. The van der Waals surface area contributed by atoms with E-state index >= 15 is 0 Å². The first-order chi connectivity index (χ1) is 7.65. The van der Waals surface area contributed by atoms with Gasteiger partial charge in [0.2, 0.25) is 11.2 Å². The van der Waals surface area contributed by atoms with E-state index in [4.69, 9.17) is 17.3 Å². The summed E-state index contributed by atoms with van der Waals surface area (Å²) in [6, 6.07) is 0. The normalized spacial score (nSPS) is 11.0. The van der Waals surface area contributed by atoms with Crippen molar-refractivity contribution in [3.05, 3.63) is 5.28 Å². The quantitative estimate of drug-likeness (QED) is 0.784. The molecular formula is C9H16ClN5S. The zero-order valence-electron chi connectivity index (χ0n) is 9.48. The molecule has 0 saturated heterocycles. The third kappa shape index (κ3) is 4.51. The van der Waals surface area contributed by atoms with Gasteiger partial charge in [0.15, 0.2) is 5.16 Å². The van der Waals surface area contributed by atoms with E-state index in [-0.39, 0.29) is 11.2 Å². The van der Waals surface area contributed by atoms with E-state index < -0.39 is 0 Å². The van der Waals surface area contributed by atoms with Crippen molar-refractivity contribution in [1.82, 2.24) is 19.9 Å². The third-order valence-corrected chi connectivity index (χ3v) is 3.13. The van der Waals surface area contributed by atoms with Gasteiger partial charge in [0, 0.05) is 12.3 Å². The molecule has 7 heteroatoms. The molecule has 0 saturated carbocycles. The summed E-state index contributed by atoms with van der Waals surface area (Å²) in [6.45, 7) is 7.40. The lowest BCUT2D eigenvalue weighted by molar-refractivity contribution is 0.324. The minimum absolute atomic E-state index is 0.151. The number of anilines is 1. The predicted octanol–water partition coefficient (Wildman–Crippen LogP) is 1.54. The highest BCUT2D eigenvalue weighted by Crippen LogP contribution is 2.15. The van der Waals surface area contributed by atoms with Crippen molar-refractivity contribution < 1.29 is 0 Å². The van der Waals surface area contributed by atoms with Crippen LogP contribution in [0.3, 0.4) is 0 Å². The minimum Gasteiger partial charge on any atom is -0.368 e. The van der Waals surface area contributed by atoms with E-state index in [0.29, 0.717) is 5.16 Å². The Labute approximate surface area is 105 Å². The second kappa shape index (κ2) is 6.88. The summed E-state index contributed by atoms with van der Waals surface area (Å²) >= 11 is 7.22. The van der Waals surface area contributed by atoms with Crippen LogP contribution < -0.4 is 5.73 Å². The summed E-state index contributed by atoms with van der Waals surface area (Å²) in [5, 5.41) is 0.738. The summed E-state index contributed by atoms with van der Waals surface area (Å²) in [5.41, 5.74) is 5.47. The monoisotopic (exact) mass is 261 g/mol. The minimum atomic E-state index is 0.151. The highest BCUT2D eigenvalue weighted by Gasteiger charge is 2.04.